The van der Waals surface area contributed by atoms with Crippen LogP contribution in [0.1, 0.15) is 19.8 Å². The van der Waals surface area contributed by atoms with Crippen molar-refractivity contribution in [3.05, 3.63) is 65.7 Å². The second-order valence-corrected chi connectivity index (χ2v) is 7.93. The number of carbonyl (C=O) groups excluding carboxylic acids is 1. The number of hydrogen-bond acceptors (Lipinski definition) is 5. The highest BCUT2D eigenvalue weighted by atomic mass is 35.5. The van der Waals surface area contributed by atoms with Crippen molar-refractivity contribution < 1.29 is 9.53 Å². The SMILES string of the molecule is CCOc1ccc(NC(=O)C2CCN(c3ccc(-c4ccc(Cl)cc4)nn3)CC2)cc1. The van der Waals surface area contributed by atoms with Gasteiger partial charge < -0.3 is 15.0 Å². The predicted octanol–water partition coefficient (Wildman–Crippen LogP) is 5.05. The average molecular weight is 437 g/mol. The van der Waals surface area contributed by atoms with Crippen molar-refractivity contribution in [3.63, 3.8) is 0 Å². The lowest BCUT2D eigenvalue weighted by molar-refractivity contribution is -0.120. The summed E-state index contributed by atoms with van der Waals surface area (Å²) >= 11 is 5.95. The van der Waals surface area contributed by atoms with Gasteiger partial charge >= 0.3 is 0 Å². The molecule has 0 spiro atoms. The molecule has 31 heavy (non-hydrogen) atoms. The first-order valence-electron chi connectivity index (χ1n) is 10.5. The topological polar surface area (TPSA) is 67.3 Å². The largest absolute Gasteiger partial charge is 0.494 e. The Balaban J connectivity index is 1.30. The van der Waals surface area contributed by atoms with Crippen molar-refractivity contribution in [2.45, 2.75) is 19.8 Å². The number of anilines is 2. The summed E-state index contributed by atoms with van der Waals surface area (Å²) in [5, 5.41) is 12.5. The number of halogens is 1. The van der Waals surface area contributed by atoms with Crippen LogP contribution < -0.4 is 15.0 Å². The van der Waals surface area contributed by atoms with Gasteiger partial charge in [0.05, 0.1) is 12.3 Å². The zero-order chi connectivity index (χ0) is 21.6. The van der Waals surface area contributed by atoms with Gasteiger partial charge in [-0.1, -0.05) is 23.7 Å². The van der Waals surface area contributed by atoms with Crippen LogP contribution in [0.5, 0.6) is 5.75 Å². The highest BCUT2D eigenvalue weighted by Crippen LogP contribution is 2.25. The maximum Gasteiger partial charge on any atom is 0.227 e. The third-order valence-corrected chi connectivity index (χ3v) is 5.67. The van der Waals surface area contributed by atoms with Crippen LogP contribution in [0, 0.1) is 5.92 Å². The molecule has 1 fully saturated rings. The van der Waals surface area contributed by atoms with E-state index in [1.807, 2.05) is 67.6 Å². The van der Waals surface area contributed by atoms with E-state index in [-0.39, 0.29) is 11.8 Å². The van der Waals surface area contributed by atoms with Gasteiger partial charge in [0.1, 0.15) is 5.75 Å². The first-order chi connectivity index (χ1) is 15.1. The number of carbonyl (C=O) groups is 1. The fraction of sp³-hybridized carbons (Fsp3) is 0.292. The molecule has 0 radical (unpaired) electrons. The molecule has 0 saturated carbocycles. The van der Waals surface area contributed by atoms with E-state index in [9.17, 15) is 4.79 Å². The van der Waals surface area contributed by atoms with Gasteiger partial charge in [0.2, 0.25) is 5.91 Å². The standard InChI is InChI=1S/C24H25ClN4O2/c1-2-31-21-9-7-20(8-10-21)26-24(30)18-13-15-29(16-14-18)23-12-11-22(27-28-23)17-3-5-19(25)6-4-17/h3-12,18H,2,13-16H2,1H3,(H,26,30). The second kappa shape index (κ2) is 9.79. The van der Waals surface area contributed by atoms with Gasteiger partial charge in [-0.15, -0.1) is 10.2 Å². The molecule has 3 aromatic rings. The molecule has 0 atom stereocenters. The molecule has 1 saturated heterocycles. The summed E-state index contributed by atoms with van der Waals surface area (Å²) in [6.45, 7) is 4.12. The third kappa shape index (κ3) is 5.33. The Hall–Kier alpha value is -3.12. The Labute approximate surface area is 187 Å². The number of nitrogens with one attached hydrogen (secondary N) is 1. The Bertz CT molecular complexity index is 999. The van der Waals surface area contributed by atoms with Crippen molar-refractivity contribution in [1.29, 1.82) is 0 Å². The predicted molar refractivity (Wildman–Crippen MR) is 124 cm³/mol. The lowest BCUT2D eigenvalue weighted by Gasteiger charge is -2.31. The van der Waals surface area contributed by atoms with E-state index in [1.165, 1.54) is 0 Å². The average Bonchev–Trinajstić information content (AvgIpc) is 2.81. The van der Waals surface area contributed by atoms with Crippen LogP contribution in [0.2, 0.25) is 5.02 Å². The fourth-order valence-corrected chi connectivity index (χ4v) is 3.81. The monoisotopic (exact) mass is 436 g/mol. The van der Waals surface area contributed by atoms with E-state index < -0.39 is 0 Å². The molecule has 2 heterocycles. The van der Waals surface area contributed by atoms with E-state index in [4.69, 9.17) is 16.3 Å². The summed E-state index contributed by atoms with van der Waals surface area (Å²) in [4.78, 5) is 14.8. The number of ether oxygens (including phenoxy) is 1. The lowest BCUT2D eigenvalue weighted by atomic mass is 9.95. The summed E-state index contributed by atoms with van der Waals surface area (Å²) in [6.07, 6.45) is 1.56. The molecule has 1 aliphatic heterocycles. The summed E-state index contributed by atoms with van der Waals surface area (Å²) in [5.41, 5.74) is 2.58. The van der Waals surface area contributed by atoms with Crippen molar-refractivity contribution in [1.82, 2.24) is 10.2 Å². The number of nitrogens with zero attached hydrogens (tertiary/aromatic N) is 3. The molecule has 1 aromatic heterocycles. The van der Waals surface area contributed by atoms with E-state index >= 15 is 0 Å². The van der Waals surface area contributed by atoms with Gasteiger partial charge in [-0.3, -0.25) is 4.79 Å². The number of aromatic nitrogens is 2. The van der Waals surface area contributed by atoms with Crippen LogP contribution in [0.25, 0.3) is 11.3 Å². The number of rotatable bonds is 6. The fourth-order valence-electron chi connectivity index (χ4n) is 3.68. The van der Waals surface area contributed by atoms with Crippen LogP contribution in [0.4, 0.5) is 11.5 Å². The van der Waals surface area contributed by atoms with Gasteiger partial charge in [0, 0.05) is 35.3 Å². The van der Waals surface area contributed by atoms with Crippen LogP contribution in [-0.2, 0) is 4.79 Å². The first kappa shape index (κ1) is 21.1. The van der Waals surface area contributed by atoms with Crippen molar-refractivity contribution in [3.8, 4) is 17.0 Å². The number of hydrogen-bond donors (Lipinski definition) is 1. The third-order valence-electron chi connectivity index (χ3n) is 5.41. The Morgan fingerprint density at radius 3 is 2.35 bits per heavy atom. The molecule has 0 unspecified atom stereocenters. The first-order valence-corrected chi connectivity index (χ1v) is 10.9. The molecular formula is C24H25ClN4O2. The molecular weight excluding hydrogens is 412 g/mol. The van der Waals surface area contributed by atoms with Crippen LogP contribution in [0.15, 0.2) is 60.7 Å². The van der Waals surface area contributed by atoms with E-state index in [0.717, 1.165) is 54.4 Å². The minimum Gasteiger partial charge on any atom is -0.494 e. The van der Waals surface area contributed by atoms with Crippen molar-refractivity contribution in [2.75, 3.05) is 29.9 Å². The molecule has 1 amide bonds. The van der Waals surface area contributed by atoms with Gasteiger partial charge in [0.25, 0.3) is 0 Å². The number of benzene rings is 2. The second-order valence-electron chi connectivity index (χ2n) is 7.49. The Kier molecular flexibility index (Phi) is 6.67. The molecule has 0 bridgehead atoms. The molecule has 7 heteroatoms. The normalized spacial score (nSPS) is 14.3. The van der Waals surface area contributed by atoms with Crippen LogP contribution in [-0.4, -0.2) is 35.8 Å². The molecule has 160 valence electrons. The minimum atomic E-state index is -0.0101. The van der Waals surface area contributed by atoms with Crippen LogP contribution >= 0.6 is 11.6 Å². The molecule has 2 aromatic carbocycles. The molecule has 4 rings (SSSR count). The molecule has 0 aliphatic carbocycles. The van der Waals surface area contributed by atoms with Gasteiger partial charge in [-0.05, 0) is 68.3 Å². The summed E-state index contributed by atoms with van der Waals surface area (Å²) in [7, 11) is 0. The van der Waals surface area contributed by atoms with Crippen molar-refractivity contribution >= 4 is 29.0 Å². The molecule has 6 nitrogen and oxygen atoms in total. The maximum atomic E-state index is 12.6. The summed E-state index contributed by atoms with van der Waals surface area (Å²) in [5.74, 6) is 1.69. The highest BCUT2D eigenvalue weighted by molar-refractivity contribution is 6.30. The lowest BCUT2D eigenvalue weighted by Crippen LogP contribution is -2.38. The smallest absolute Gasteiger partial charge is 0.227 e. The zero-order valence-electron chi connectivity index (χ0n) is 17.4. The van der Waals surface area contributed by atoms with Gasteiger partial charge in [0.15, 0.2) is 5.82 Å². The van der Waals surface area contributed by atoms with E-state index in [0.29, 0.717) is 11.6 Å². The number of piperidine rings is 1. The van der Waals surface area contributed by atoms with E-state index in [2.05, 4.69) is 20.4 Å². The molecule has 1 aliphatic rings. The Morgan fingerprint density at radius 1 is 1.03 bits per heavy atom. The highest BCUT2D eigenvalue weighted by Gasteiger charge is 2.26. The minimum absolute atomic E-state index is 0.0101. The van der Waals surface area contributed by atoms with Crippen LogP contribution in [0.3, 0.4) is 0 Å². The quantitative estimate of drug-likeness (QED) is 0.585. The van der Waals surface area contributed by atoms with Gasteiger partial charge in [-0.2, -0.15) is 0 Å². The summed E-state index contributed by atoms with van der Waals surface area (Å²) in [6, 6.07) is 19.0. The zero-order valence-corrected chi connectivity index (χ0v) is 18.2. The maximum absolute atomic E-state index is 12.6. The molecule has 1 N–H and O–H groups in total. The Morgan fingerprint density at radius 2 is 1.74 bits per heavy atom. The summed E-state index contributed by atoms with van der Waals surface area (Å²) < 4.78 is 5.44. The van der Waals surface area contributed by atoms with Crippen molar-refractivity contribution in [2.24, 2.45) is 5.92 Å². The van der Waals surface area contributed by atoms with Gasteiger partial charge in [-0.25, -0.2) is 0 Å². The van der Waals surface area contributed by atoms with E-state index in [1.54, 1.807) is 0 Å². The number of amides is 1.